The molecular formula is C9H9FO4S. The van der Waals surface area contributed by atoms with Crippen LogP contribution >= 0.6 is 0 Å². The van der Waals surface area contributed by atoms with Gasteiger partial charge in [0.15, 0.2) is 9.84 Å². The standard InChI is InChI=1S/C9H9FO4S/c1-15(13,14)7-4-2-3-6(5-7)8(10)9(11)12/h2-5,8H,1H3,(H,11,12). The topological polar surface area (TPSA) is 71.4 Å². The maximum Gasteiger partial charge on any atom is 0.343 e. The zero-order valence-electron chi connectivity index (χ0n) is 7.84. The van der Waals surface area contributed by atoms with Gasteiger partial charge in [0.25, 0.3) is 0 Å². The van der Waals surface area contributed by atoms with E-state index in [0.717, 1.165) is 12.3 Å². The Labute approximate surface area is 86.3 Å². The summed E-state index contributed by atoms with van der Waals surface area (Å²) in [6.07, 6.45) is -1.23. The second-order valence-corrected chi connectivity index (χ2v) is 5.06. The van der Waals surface area contributed by atoms with E-state index in [-0.39, 0.29) is 10.5 Å². The summed E-state index contributed by atoms with van der Waals surface area (Å²) in [5.41, 5.74) is -0.176. The van der Waals surface area contributed by atoms with E-state index in [2.05, 4.69) is 0 Å². The lowest BCUT2D eigenvalue weighted by molar-refractivity contribution is -0.143. The van der Waals surface area contributed by atoms with Crippen LogP contribution in [0.5, 0.6) is 0 Å². The van der Waals surface area contributed by atoms with Gasteiger partial charge in [0.1, 0.15) is 0 Å². The smallest absolute Gasteiger partial charge is 0.343 e. The fourth-order valence-electron chi connectivity index (χ4n) is 1.05. The van der Waals surface area contributed by atoms with Crippen molar-refractivity contribution in [3.63, 3.8) is 0 Å². The van der Waals surface area contributed by atoms with E-state index in [0.29, 0.717) is 0 Å². The molecule has 0 bridgehead atoms. The molecule has 0 aliphatic heterocycles. The van der Waals surface area contributed by atoms with Crippen LogP contribution in [0.15, 0.2) is 29.2 Å². The molecule has 0 spiro atoms. The van der Waals surface area contributed by atoms with E-state index in [4.69, 9.17) is 5.11 Å². The largest absolute Gasteiger partial charge is 0.479 e. The molecule has 0 fully saturated rings. The lowest BCUT2D eigenvalue weighted by Crippen LogP contribution is -2.07. The number of rotatable bonds is 3. The predicted octanol–water partition coefficient (Wildman–Crippen LogP) is 1.19. The van der Waals surface area contributed by atoms with E-state index in [9.17, 15) is 17.6 Å². The first-order valence-electron chi connectivity index (χ1n) is 3.99. The van der Waals surface area contributed by atoms with Gasteiger partial charge in [-0.15, -0.1) is 0 Å². The molecule has 1 N–H and O–H groups in total. The minimum Gasteiger partial charge on any atom is -0.479 e. The number of hydrogen-bond donors (Lipinski definition) is 1. The van der Waals surface area contributed by atoms with Gasteiger partial charge in [-0.2, -0.15) is 0 Å². The quantitative estimate of drug-likeness (QED) is 0.849. The minimum atomic E-state index is -3.44. The Morgan fingerprint density at radius 2 is 2.07 bits per heavy atom. The summed E-state index contributed by atoms with van der Waals surface area (Å²) in [6, 6.07) is 4.84. The van der Waals surface area contributed by atoms with Gasteiger partial charge in [-0.25, -0.2) is 17.6 Å². The molecule has 0 aliphatic rings. The highest BCUT2D eigenvalue weighted by molar-refractivity contribution is 7.90. The van der Waals surface area contributed by atoms with Crippen LogP contribution in [0.4, 0.5) is 4.39 Å². The molecular weight excluding hydrogens is 223 g/mol. The molecule has 0 aromatic heterocycles. The second kappa shape index (κ2) is 3.98. The molecule has 1 aromatic rings. The van der Waals surface area contributed by atoms with E-state index in [1.54, 1.807) is 0 Å². The molecule has 0 aliphatic carbocycles. The highest BCUT2D eigenvalue weighted by atomic mass is 32.2. The van der Waals surface area contributed by atoms with Crippen molar-refractivity contribution in [3.8, 4) is 0 Å². The molecule has 0 saturated carbocycles. The maximum atomic E-state index is 13.0. The average Bonchev–Trinajstić information content (AvgIpc) is 2.15. The van der Waals surface area contributed by atoms with Crippen LogP contribution in [0.25, 0.3) is 0 Å². The van der Waals surface area contributed by atoms with Gasteiger partial charge in [0.05, 0.1) is 4.90 Å². The first-order valence-corrected chi connectivity index (χ1v) is 5.88. The van der Waals surface area contributed by atoms with E-state index < -0.39 is 22.0 Å². The molecule has 0 heterocycles. The lowest BCUT2D eigenvalue weighted by atomic mass is 10.1. The Bertz CT molecular complexity index is 481. The zero-order chi connectivity index (χ0) is 11.6. The van der Waals surface area contributed by atoms with Gasteiger partial charge in [0.2, 0.25) is 6.17 Å². The van der Waals surface area contributed by atoms with Gasteiger partial charge in [-0.05, 0) is 17.7 Å². The number of carbonyl (C=O) groups is 1. The van der Waals surface area contributed by atoms with Crippen LogP contribution in [0.1, 0.15) is 11.7 Å². The van der Waals surface area contributed by atoms with Gasteiger partial charge >= 0.3 is 5.97 Å². The molecule has 0 amide bonds. The van der Waals surface area contributed by atoms with Crippen molar-refractivity contribution in [3.05, 3.63) is 29.8 Å². The first kappa shape index (κ1) is 11.6. The minimum absolute atomic E-state index is 0.0936. The molecule has 0 radical (unpaired) electrons. The molecule has 15 heavy (non-hydrogen) atoms. The van der Waals surface area contributed by atoms with E-state index >= 15 is 0 Å². The van der Waals surface area contributed by atoms with Crippen LogP contribution in [-0.2, 0) is 14.6 Å². The molecule has 4 nitrogen and oxygen atoms in total. The van der Waals surface area contributed by atoms with E-state index in [1.807, 2.05) is 0 Å². The Kier molecular flexibility index (Phi) is 3.09. The van der Waals surface area contributed by atoms with Crippen molar-refractivity contribution >= 4 is 15.8 Å². The second-order valence-electron chi connectivity index (χ2n) is 3.05. The Morgan fingerprint density at radius 1 is 1.47 bits per heavy atom. The summed E-state index contributed by atoms with van der Waals surface area (Å²) < 4.78 is 35.2. The molecule has 82 valence electrons. The average molecular weight is 232 g/mol. The summed E-state index contributed by atoms with van der Waals surface area (Å²) in [4.78, 5) is 10.2. The van der Waals surface area contributed by atoms with Crippen molar-refractivity contribution in [2.24, 2.45) is 0 Å². The van der Waals surface area contributed by atoms with E-state index in [1.165, 1.54) is 18.2 Å². The SMILES string of the molecule is CS(=O)(=O)c1cccc(C(F)C(=O)O)c1. The van der Waals surface area contributed by atoms with Crippen molar-refractivity contribution in [2.45, 2.75) is 11.1 Å². The van der Waals surface area contributed by atoms with Crippen LogP contribution in [-0.4, -0.2) is 25.7 Å². The molecule has 1 aromatic carbocycles. The first-order chi connectivity index (χ1) is 6.82. The highest BCUT2D eigenvalue weighted by Crippen LogP contribution is 2.20. The van der Waals surface area contributed by atoms with Crippen molar-refractivity contribution in [1.82, 2.24) is 0 Å². The summed E-state index contributed by atoms with van der Waals surface area (Å²) in [7, 11) is -3.44. The molecule has 1 unspecified atom stereocenters. The number of hydrogen-bond acceptors (Lipinski definition) is 3. The number of sulfone groups is 1. The van der Waals surface area contributed by atoms with Crippen molar-refractivity contribution < 1.29 is 22.7 Å². The molecule has 1 atom stereocenters. The predicted molar refractivity (Wildman–Crippen MR) is 51.0 cm³/mol. The monoisotopic (exact) mass is 232 g/mol. The molecule has 1 rings (SSSR count). The van der Waals surface area contributed by atoms with Crippen LogP contribution in [0.2, 0.25) is 0 Å². The van der Waals surface area contributed by atoms with Crippen LogP contribution < -0.4 is 0 Å². The molecule has 6 heteroatoms. The summed E-state index contributed by atoms with van der Waals surface area (Å²) in [6.45, 7) is 0. The fourth-order valence-corrected chi connectivity index (χ4v) is 1.72. The third kappa shape index (κ3) is 2.76. The molecule has 0 saturated heterocycles. The van der Waals surface area contributed by atoms with Crippen LogP contribution in [0.3, 0.4) is 0 Å². The van der Waals surface area contributed by atoms with Crippen LogP contribution in [0, 0.1) is 0 Å². The van der Waals surface area contributed by atoms with Gasteiger partial charge in [-0.1, -0.05) is 12.1 Å². The number of carboxylic acid groups (broad SMARTS) is 1. The number of benzene rings is 1. The van der Waals surface area contributed by atoms with Gasteiger partial charge in [-0.3, -0.25) is 0 Å². The summed E-state index contributed by atoms with van der Waals surface area (Å²) >= 11 is 0. The Morgan fingerprint density at radius 3 is 2.53 bits per heavy atom. The maximum absolute atomic E-state index is 13.0. The van der Waals surface area contributed by atoms with Gasteiger partial charge in [0, 0.05) is 6.26 Å². The third-order valence-corrected chi connectivity index (χ3v) is 2.91. The third-order valence-electron chi connectivity index (χ3n) is 1.80. The normalized spacial score (nSPS) is 13.5. The highest BCUT2D eigenvalue weighted by Gasteiger charge is 2.19. The Hall–Kier alpha value is -1.43. The van der Waals surface area contributed by atoms with Crippen molar-refractivity contribution in [1.29, 1.82) is 0 Å². The zero-order valence-corrected chi connectivity index (χ0v) is 8.66. The number of aliphatic carboxylic acids is 1. The number of halogens is 1. The Balaban J connectivity index is 3.20. The number of alkyl halides is 1. The lowest BCUT2D eigenvalue weighted by Gasteiger charge is -2.04. The summed E-state index contributed by atoms with van der Waals surface area (Å²) in [5, 5.41) is 8.40. The van der Waals surface area contributed by atoms with Gasteiger partial charge < -0.3 is 5.11 Å². The summed E-state index contributed by atoms with van der Waals surface area (Å²) in [5.74, 6) is -1.64. The van der Waals surface area contributed by atoms with Crippen molar-refractivity contribution in [2.75, 3.05) is 6.26 Å². The fraction of sp³-hybridized carbons (Fsp3) is 0.222. The number of carboxylic acids is 1.